The Morgan fingerprint density at radius 3 is 2.70 bits per heavy atom. The van der Waals surface area contributed by atoms with Gasteiger partial charge in [-0.2, -0.15) is 0 Å². The number of ketones is 1. The summed E-state index contributed by atoms with van der Waals surface area (Å²) in [6, 6.07) is 12.9. The van der Waals surface area contributed by atoms with Crippen molar-refractivity contribution in [1.29, 1.82) is 0 Å². The average molecular weight is 582 g/mol. The summed E-state index contributed by atoms with van der Waals surface area (Å²) >= 11 is 0. The first-order valence-electron chi connectivity index (χ1n) is 15.6. The van der Waals surface area contributed by atoms with Gasteiger partial charge < -0.3 is 15.4 Å². The third-order valence-electron chi connectivity index (χ3n) is 8.82. The van der Waals surface area contributed by atoms with E-state index < -0.39 is 0 Å². The predicted molar refractivity (Wildman–Crippen MR) is 168 cm³/mol. The van der Waals surface area contributed by atoms with Crippen LogP contribution in [0.2, 0.25) is 0 Å². The largest absolute Gasteiger partial charge is 0.437 e. The Bertz CT molecular complexity index is 1600. The van der Waals surface area contributed by atoms with Gasteiger partial charge >= 0.3 is 0 Å². The molecule has 4 aromatic rings. The zero-order valence-electron chi connectivity index (χ0n) is 25.0. The van der Waals surface area contributed by atoms with Crippen LogP contribution in [0.1, 0.15) is 63.0 Å². The average Bonchev–Trinajstić information content (AvgIpc) is 3.01. The summed E-state index contributed by atoms with van der Waals surface area (Å²) in [5, 5.41) is 8.37. The molecule has 0 bridgehead atoms. The highest BCUT2D eigenvalue weighted by Gasteiger charge is 2.22. The molecule has 3 heterocycles. The van der Waals surface area contributed by atoms with E-state index >= 15 is 4.39 Å². The van der Waals surface area contributed by atoms with E-state index in [2.05, 4.69) is 27.5 Å². The molecule has 7 nitrogen and oxygen atoms in total. The van der Waals surface area contributed by atoms with Crippen LogP contribution < -0.4 is 15.4 Å². The molecule has 8 heteroatoms. The summed E-state index contributed by atoms with van der Waals surface area (Å²) in [5.74, 6) is 2.29. The normalized spacial score (nSPS) is 19.3. The van der Waals surface area contributed by atoms with Gasteiger partial charge in [0, 0.05) is 48.8 Å². The van der Waals surface area contributed by atoms with Gasteiger partial charge in [-0.25, -0.2) is 19.3 Å². The number of ether oxygens (including phenoxy) is 1. The molecule has 0 unspecified atom stereocenters. The van der Waals surface area contributed by atoms with Crippen molar-refractivity contribution in [2.45, 2.75) is 71.3 Å². The predicted octanol–water partition coefficient (Wildman–Crippen LogP) is 7.42. The van der Waals surface area contributed by atoms with Crippen molar-refractivity contribution in [1.82, 2.24) is 20.3 Å². The SMILES string of the molecule is Cc1ccc2c(CC(=O)CC3CCCCC3)c(F)ccc2c1Oc1ncccc1-c1ccnc(N[C@@H]2CNC[C@H](C)C2)n1. The molecule has 2 aromatic heterocycles. The van der Waals surface area contributed by atoms with Crippen LogP contribution in [0.15, 0.2) is 54.9 Å². The quantitative estimate of drug-likeness (QED) is 0.213. The highest BCUT2D eigenvalue weighted by atomic mass is 19.1. The van der Waals surface area contributed by atoms with E-state index in [4.69, 9.17) is 9.72 Å². The number of nitrogens with one attached hydrogen (secondary N) is 2. The van der Waals surface area contributed by atoms with E-state index in [0.29, 0.717) is 52.5 Å². The summed E-state index contributed by atoms with van der Waals surface area (Å²) in [4.78, 5) is 26.9. The summed E-state index contributed by atoms with van der Waals surface area (Å²) < 4.78 is 21.7. The minimum Gasteiger partial charge on any atom is -0.437 e. The van der Waals surface area contributed by atoms with Crippen LogP contribution in [-0.2, 0) is 11.2 Å². The van der Waals surface area contributed by atoms with Gasteiger partial charge in [-0.05, 0) is 73.0 Å². The van der Waals surface area contributed by atoms with Gasteiger partial charge in [0.2, 0.25) is 11.8 Å². The second kappa shape index (κ2) is 13.2. The molecule has 2 aliphatic rings. The molecule has 2 aromatic carbocycles. The number of anilines is 1. The van der Waals surface area contributed by atoms with Crippen molar-refractivity contribution >= 4 is 22.5 Å². The molecule has 2 N–H and O–H groups in total. The molecule has 1 saturated heterocycles. The molecular weight excluding hydrogens is 541 g/mol. The van der Waals surface area contributed by atoms with E-state index in [1.165, 1.54) is 25.3 Å². The summed E-state index contributed by atoms with van der Waals surface area (Å²) in [5.41, 5.74) is 2.74. The third kappa shape index (κ3) is 6.85. The molecule has 0 amide bonds. The topological polar surface area (TPSA) is 89.0 Å². The number of carbonyl (C=O) groups excluding carboxylic acids is 1. The van der Waals surface area contributed by atoms with E-state index in [0.717, 1.165) is 48.9 Å². The number of piperidine rings is 1. The van der Waals surface area contributed by atoms with Crippen LogP contribution in [0.5, 0.6) is 11.6 Å². The van der Waals surface area contributed by atoms with Gasteiger partial charge in [-0.3, -0.25) is 4.79 Å². The number of fused-ring (bicyclic) bond motifs is 1. The number of Topliss-reactive ketones (excluding diaryl/α,β-unsaturated/α-hetero) is 1. The highest BCUT2D eigenvalue weighted by Crippen LogP contribution is 2.38. The second-order valence-corrected chi connectivity index (χ2v) is 12.3. The van der Waals surface area contributed by atoms with Gasteiger partial charge in [0.05, 0.1) is 11.3 Å². The lowest BCUT2D eigenvalue weighted by molar-refractivity contribution is -0.119. The molecular formula is C35H40FN5O2. The van der Waals surface area contributed by atoms with E-state index in [-0.39, 0.29) is 24.1 Å². The summed E-state index contributed by atoms with van der Waals surface area (Å²) in [6.45, 7) is 6.09. The lowest BCUT2D eigenvalue weighted by Crippen LogP contribution is -2.42. The van der Waals surface area contributed by atoms with Crippen molar-refractivity contribution < 1.29 is 13.9 Å². The minimum atomic E-state index is -0.360. The first kappa shape index (κ1) is 29.2. The lowest BCUT2D eigenvalue weighted by atomic mass is 9.84. The maximum Gasteiger partial charge on any atom is 0.228 e. The van der Waals surface area contributed by atoms with Crippen molar-refractivity contribution in [3.8, 4) is 22.9 Å². The number of nitrogens with zero attached hydrogens (tertiary/aromatic N) is 3. The number of pyridine rings is 1. The first-order chi connectivity index (χ1) is 20.9. The monoisotopic (exact) mass is 581 g/mol. The fraction of sp³-hybridized carbons (Fsp3) is 0.429. The van der Waals surface area contributed by atoms with Crippen LogP contribution in [0.3, 0.4) is 0 Å². The zero-order chi connectivity index (χ0) is 29.8. The van der Waals surface area contributed by atoms with Gasteiger partial charge in [0.1, 0.15) is 17.3 Å². The maximum absolute atomic E-state index is 15.2. The Kier molecular flexibility index (Phi) is 8.93. The molecule has 43 heavy (non-hydrogen) atoms. The Morgan fingerprint density at radius 1 is 1.02 bits per heavy atom. The molecule has 2 atom stereocenters. The van der Waals surface area contributed by atoms with Gasteiger partial charge in [-0.1, -0.05) is 51.2 Å². The number of aromatic nitrogens is 3. The number of rotatable bonds is 9. The van der Waals surface area contributed by atoms with Gasteiger partial charge in [0.15, 0.2) is 0 Å². The number of carbonyl (C=O) groups is 1. The molecule has 1 aliphatic carbocycles. The Hall–Kier alpha value is -3.91. The van der Waals surface area contributed by atoms with Crippen LogP contribution in [0, 0.1) is 24.6 Å². The van der Waals surface area contributed by atoms with Crippen LogP contribution in [0.4, 0.5) is 10.3 Å². The summed E-state index contributed by atoms with van der Waals surface area (Å²) in [6.07, 6.45) is 10.9. The minimum absolute atomic E-state index is 0.0863. The van der Waals surface area contributed by atoms with Gasteiger partial charge in [-0.15, -0.1) is 0 Å². The van der Waals surface area contributed by atoms with E-state index in [9.17, 15) is 4.79 Å². The molecule has 224 valence electrons. The fourth-order valence-electron chi connectivity index (χ4n) is 6.61. The fourth-order valence-corrected chi connectivity index (χ4v) is 6.61. The molecule has 0 radical (unpaired) electrons. The molecule has 0 spiro atoms. The number of benzene rings is 2. The Morgan fingerprint density at radius 2 is 1.86 bits per heavy atom. The smallest absolute Gasteiger partial charge is 0.228 e. The molecule has 6 rings (SSSR count). The molecule has 1 aliphatic heterocycles. The second-order valence-electron chi connectivity index (χ2n) is 12.3. The van der Waals surface area contributed by atoms with Crippen LogP contribution in [-0.4, -0.2) is 39.9 Å². The molecule has 1 saturated carbocycles. The zero-order valence-corrected chi connectivity index (χ0v) is 25.0. The molecule has 2 fully saturated rings. The van der Waals surface area contributed by atoms with Crippen LogP contribution >= 0.6 is 0 Å². The Balaban J connectivity index is 1.28. The van der Waals surface area contributed by atoms with Crippen molar-refractivity contribution in [2.24, 2.45) is 11.8 Å². The first-order valence-corrected chi connectivity index (χ1v) is 15.6. The van der Waals surface area contributed by atoms with Crippen molar-refractivity contribution in [3.63, 3.8) is 0 Å². The third-order valence-corrected chi connectivity index (χ3v) is 8.82. The summed E-state index contributed by atoms with van der Waals surface area (Å²) in [7, 11) is 0. The standard InChI is InChI=1S/C35H40FN5O2/c1-22-17-25(21-37-20-22)40-35-39-16-14-32(41-35)29-9-6-15-38-34(29)43-33-23(2)10-11-27-28(33)12-13-31(36)30(27)19-26(42)18-24-7-4-3-5-8-24/h6,9-16,22,24-25,37H,3-5,7-8,17-21H2,1-2H3,(H,39,40,41)/t22-,25+/m1/s1. The Labute approximate surface area is 252 Å². The maximum atomic E-state index is 15.2. The van der Waals surface area contributed by atoms with E-state index in [1.807, 2.05) is 37.3 Å². The van der Waals surface area contributed by atoms with E-state index in [1.54, 1.807) is 18.5 Å². The van der Waals surface area contributed by atoms with Crippen molar-refractivity contribution in [2.75, 3.05) is 18.4 Å². The number of aryl methyl sites for hydroxylation is 1. The lowest BCUT2D eigenvalue weighted by Gasteiger charge is -2.28. The number of hydrogen-bond acceptors (Lipinski definition) is 7. The van der Waals surface area contributed by atoms with Gasteiger partial charge in [0.25, 0.3) is 0 Å². The number of hydrogen-bond donors (Lipinski definition) is 2. The highest BCUT2D eigenvalue weighted by molar-refractivity contribution is 5.95. The van der Waals surface area contributed by atoms with Crippen LogP contribution in [0.25, 0.3) is 22.0 Å². The number of halogens is 1. The van der Waals surface area contributed by atoms with Crippen molar-refractivity contribution in [3.05, 3.63) is 71.8 Å².